The molecule has 1 aromatic heterocycles. The Morgan fingerprint density at radius 1 is 1.53 bits per heavy atom. The van der Waals surface area contributed by atoms with Crippen molar-refractivity contribution in [3.05, 3.63) is 11.7 Å². The van der Waals surface area contributed by atoms with E-state index in [4.69, 9.17) is 9.63 Å². The van der Waals surface area contributed by atoms with E-state index in [2.05, 4.69) is 15.5 Å². The van der Waals surface area contributed by atoms with Crippen LogP contribution in [0, 0.1) is 6.92 Å². The quantitative estimate of drug-likeness (QED) is 0.760. The SMILES string of the molecule is Cc1noc(CCC(=O)NC(C)CC(C)O)n1. The van der Waals surface area contributed by atoms with Gasteiger partial charge in [0.1, 0.15) is 0 Å². The van der Waals surface area contributed by atoms with Crippen LogP contribution in [0.4, 0.5) is 0 Å². The predicted molar refractivity (Wildman–Crippen MR) is 61.3 cm³/mol. The van der Waals surface area contributed by atoms with E-state index in [9.17, 15) is 4.79 Å². The van der Waals surface area contributed by atoms with E-state index in [1.54, 1.807) is 13.8 Å². The molecule has 0 aliphatic heterocycles. The molecule has 96 valence electrons. The van der Waals surface area contributed by atoms with Crippen molar-refractivity contribution in [2.45, 2.75) is 52.2 Å². The first-order chi connectivity index (χ1) is 7.97. The summed E-state index contributed by atoms with van der Waals surface area (Å²) in [5.41, 5.74) is 0. The fraction of sp³-hybridized carbons (Fsp3) is 0.727. The summed E-state index contributed by atoms with van der Waals surface area (Å²) in [5.74, 6) is 0.970. The Morgan fingerprint density at radius 3 is 2.76 bits per heavy atom. The van der Waals surface area contributed by atoms with Crippen molar-refractivity contribution in [2.24, 2.45) is 0 Å². The third-order valence-electron chi connectivity index (χ3n) is 2.24. The van der Waals surface area contributed by atoms with Crippen LogP contribution in [0.2, 0.25) is 0 Å². The molecule has 2 N–H and O–H groups in total. The highest BCUT2D eigenvalue weighted by Gasteiger charge is 2.11. The molecule has 2 unspecified atom stereocenters. The summed E-state index contributed by atoms with van der Waals surface area (Å²) in [6.07, 6.45) is 0.884. The molecule has 2 atom stereocenters. The third-order valence-corrected chi connectivity index (χ3v) is 2.24. The van der Waals surface area contributed by atoms with E-state index < -0.39 is 6.10 Å². The van der Waals surface area contributed by atoms with Crippen molar-refractivity contribution < 1.29 is 14.4 Å². The van der Waals surface area contributed by atoms with Crippen LogP contribution in [-0.4, -0.2) is 33.3 Å². The number of aryl methyl sites for hydroxylation is 2. The molecule has 0 fully saturated rings. The second kappa shape index (κ2) is 6.34. The van der Waals surface area contributed by atoms with Gasteiger partial charge in [0, 0.05) is 18.9 Å². The third kappa shape index (κ3) is 5.44. The molecule has 0 aliphatic rings. The minimum Gasteiger partial charge on any atom is -0.393 e. The lowest BCUT2D eigenvalue weighted by molar-refractivity contribution is -0.121. The molecular formula is C11H19N3O3. The number of aliphatic hydroxyl groups excluding tert-OH is 1. The van der Waals surface area contributed by atoms with E-state index in [-0.39, 0.29) is 11.9 Å². The van der Waals surface area contributed by atoms with E-state index in [0.29, 0.717) is 31.0 Å². The molecule has 17 heavy (non-hydrogen) atoms. The van der Waals surface area contributed by atoms with Crippen LogP contribution in [0.25, 0.3) is 0 Å². The Bertz CT molecular complexity index is 363. The number of nitrogens with one attached hydrogen (secondary N) is 1. The highest BCUT2D eigenvalue weighted by molar-refractivity contribution is 5.76. The van der Waals surface area contributed by atoms with Crippen LogP contribution in [-0.2, 0) is 11.2 Å². The Labute approximate surface area is 100 Å². The summed E-state index contributed by atoms with van der Waals surface area (Å²) in [4.78, 5) is 15.5. The first-order valence-corrected chi connectivity index (χ1v) is 5.74. The molecule has 1 heterocycles. The van der Waals surface area contributed by atoms with Crippen molar-refractivity contribution in [1.29, 1.82) is 0 Å². The van der Waals surface area contributed by atoms with Crippen molar-refractivity contribution in [3.63, 3.8) is 0 Å². The fourth-order valence-corrected chi connectivity index (χ4v) is 1.58. The monoisotopic (exact) mass is 241 g/mol. The average Bonchev–Trinajstić information content (AvgIpc) is 2.59. The van der Waals surface area contributed by atoms with E-state index >= 15 is 0 Å². The maximum Gasteiger partial charge on any atom is 0.227 e. The second-order valence-electron chi connectivity index (χ2n) is 4.29. The van der Waals surface area contributed by atoms with Gasteiger partial charge in [0.25, 0.3) is 0 Å². The zero-order valence-electron chi connectivity index (χ0n) is 10.4. The number of aromatic nitrogens is 2. The minimum atomic E-state index is -0.413. The van der Waals surface area contributed by atoms with E-state index in [1.807, 2.05) is 6.92 Å². The summed E-state index contributed by atoms with van der Waals surface area (Å²) in [6, 6.07) is -0.0353. The van der Waals surface area contributed by atoms with Gasteiger partial charge in [-0.05, 0) is 27.2 Å². The maximum atomic E-state index is 11.5. The number of hydrogen-bond donors (Lipinski definition) is 2. The summed E-state index contributed by atoms with van der Waals surface area (Å²) in [5, 5.41) is 15.6. The van der Waals surface area contributed by atoms with Gasteiger partial charge < -0.3 is 14.9 Å². The van der Waals surface area contributed by atoms with Gasteiger partial charge in [0.05, 0.1) is 6.10 Å². The highest BCUT2D eigenvalue weighted by Crippen LogP contribution is 2.01. The minimum absolute atomic E-state index is 0.0353. The van der Waals surface area contributed by atoms with E-state index in [1.165, 1.54) is 0 Å². The zero-order chi connectivity index (χ0) is 12.8. The molecule has 1 rings (SSSR count). The van der Waals surface area contributed by atoms with Gasteiger partial charge in [-0.25, -0.2) is 0 Å². The van der Waals surface area contributed by atoms with Gasteiger partial charge in [0.2, 0.25) is 11.8 Å². The first-order valence-electron chi connectivity index (χ1n) is 5.74. The predicted octanol–water partition coefficient (Wildman–Crippen LogP) is 0.586. The molecule has 0 bridgehead atoms. The summed E-state index contributed by atoms with van der Waals surface area (Å²) < 4.78 is 4.90. The molecule has 6 nitrogen and oxygen atoms in total. The highest BCUT2D eigenvalue weighted by atomic mass is 16.5. The van der Waals surface area contributed by atoms with Gasteiger partial charge in [-0.3, -0.25) is 4.79 Å². The molecule has 0 spiro atoms. The fourth-order valence-electron chi connectivity index (χ4n) is 1.58. The Hall–Kier alpha value is -1.43. The van der Waals surface area contributed by atoms with Gasteiger partial charge in [-0.1, -0.05) is 5.16 Å². The van der Waals surface area contributed by atoms with Gasteiger partial charge in [-0.15, -0.1) is 0 Å². The van der Waals surface area contributed by atoms with Crippen molar-refractivity contribution >= 4 is 5.91 Å². The van der Waals surface area contributed by atoms with Gasteiger partial charge >= 0.3 is 0 Å². The van der Waals surface area contributed by atoms with Crippen molar-refractivity contribution in [1.82, 2.24) is 15.5 Å². The van der Waals surface area contributed by atoms with Crippen molar-refractivity contribution in [3.8, 4) is 0 Å². The number of nitrogens with zero attached hydrogens (tertiary/aromatic N) is 2. The standard InChI is InChI=1S/C11H19N3O3/c1-7(6-8(2)15)12-10(16)4-5-11-13-9(3)14-17-11/h7-8,15H,4-6H2,1-3H3,(H,12,16). The molecular weight excluding hydrogens is 222 g/mol. The lowest BCUT2D eigenvalue weighted by Crippen LogP contribution is -2.34. The lowest BCUT2D eigenvalue weighted by atomic mass is 10.1. The Morgan fingerprint density at radius 2 is 2.24 bits per heavy atom. The molecule has 1 aromatic rings. The average molecular weight is 241 g/mol. The van der Waals surface area contributed by atoms with Crippen LogP contribution in [0.3, 0.4) is 0 Å². The summed E-state index contributed by atoms with van der Waals surface area (Å²) in [6.45, 7) is 5.29. The number of amides is 1. The molecule has 6 heteroatoms. The summed E-state index contributed by atoms with van der Waals surface area (Å²) >= 11 is 0. The molecule has 0 saturated heterocycles. The number of carbonyl (C=O) groups is 1. The van der Waals surface area contributed by atoms with E-state index in [0.717, 1.165) is 0 Å². The molecule has 1 amide bonds. The number of carbonyl (C=O) groups excluding carboxylic acids is 1. The van der Waals surface area contributed by atoms with Crippen LogP contribution in [0.15, 0.2) is 4.52 Å². The Balaban J connectivity index is 2.25. The topological polar surface area (TPSA) is 88.2 Å². The van der Waals surface area contributed by atoms with Gasteiger partial charge in [-0.2, -0.15) is 4.98 Å². The largest absolute Gasteiger partial charge is 0.393 e. The molecule has 0 saturated carbocycles. The van der Waals surface area contributed by atoms with Crippen LogP contribution < -0.4 is 5.32 Å². The Kier molecular flexibility index (Phi) is 5.09. The number of aliphatic hydroxyl groups is 1. The van der Waals surface area contributed by atoms with Crippen LogP contribution in [0.5, 0.6) is 0 Å². The smallest absolute Gasteiger partial charge is 0.227 e. The number of rotatable bonds is 6. The maximum absolute atomic E-state index is 11.5. The molecule has 0 radical (unpaired) electrons. The first kappa shape index (κ1) is 13.6. The van der Waals surface area contributed by atoms with Crippen LogP contribution >= 0.6 is 0 Å². The van der Waals surface area contributed by atoms with Gasteiger partial charge in [0.15, 0.2) is 5.82 Å². The van der Waals surface area contributed by atoms with Crippen molar-refractivity contribution in [2.75, 3.05) is 0 Å². The molecule has 0 aliphatic carbocycles. The normalized spacial score (nSPS) is 14.4. The number of hydrogen-bond acceptors (Lipinski definition) is 5. The molecule has 0 aromatic carbocycles. The zero-order valence-corrected chi connectivity index (χ0v) is 10.4. The second-order valence-corrected chi connectivity index (χ2v) is 4.29. The van der Waals surface area contributed by atoms with Crippen LogP contribution in [0.1, 0.15) is 38.4 Å². The summed E-state index contributed by atoms with van der Waals surface area (Å²) in [7, 11) is 0. The lowest BCUT2D eigenvalue weighted by Gasteiger charge is -2.14.